The Kier molecular flexibility index (Phi) is 6.91. The third-order valence-corrected chi connectivity index (χ3v) is 13.8. The zero-order valence-corrected chi connectivity index (χ0v) is 31.6. The molecule has 0 amide bonds. The van der Waals surface area contributed by atoms with Crippen LogP contribution in [-0.4, -0.2) is 29.5 Å². The minimum Gasteiger partial charge on any atom is -0.0568 e. The molecule has 11 rings (SSSR count). The Morgan fingerprint density at radius 3 is 1.89 bits per heavy atom. The van der Waals surface area contributed by atoms with E-state index in [-0.39, 0.29) is 19.9 Å². The minimum atomic E-state index is -0.0642. The van der Waals surface area contributed by atoms with Crippen molar-refractivity contribution in [3.8, 4) is 56.4 Å². The molecule has 0 fully saturated rings. The smallest absolute Gasteiger partial charge is 0.0300 e. The van der Waals surface area contributed by atoms with Crippen LogP contribution >= 0.6 is 0 Å². The molecular weight excluding hydrogens is 722 g/mol. The van der Waals surface area contributed by atoms with Crippen LogP contribution < -0.4 is 0 Å². The van der Waals surface area contributed by atoms with E-state index in [2.05, 4.69) is 159 Å². The molecule has 0 saturated carbocycles. The number of rotatable bonds is 4. The van der Waals surface area contributed by atoms with Crippen LogP contribution in [0.2, 0.25) is 0 Å². The molecule has 254 valence electrons. The average Bonchev–Trinajstić information content (AvgIpc) is 3.72. The third-order valence-electron chi connectivity index (χ3n) is 11.3. The van der Waals surface area contributed by atoms with Gasteiger partial charge in [0.25, 0.3) is 0 Å². The number of aromatic nitrogens is 3. The van der Waals surface area contributed by atoms with Gasteiger partial charge in [-0.25, -0.2) is 0 Å². The first-order valence-electron chi connectivity index (χ1n) is 18.4. The predicted molar refractivity (Wildman–Crippen MR) is 226 cm³/mol. The Bertz CT molecular complexity index is 3140. The fraction of sp³-hybridized carbons (Fsp3) is 0.0600. The summed E-state index contributed by atoms with van der Waals surface area (Å²) in [5, 5.41) is 8.01. The average molecular weight is 755 g/mol. The molecule has 0 spiro atoms. The molecule has 3 nitrogen and oxygen atoms in total. The van der Waals surface area contributed by atoms with Crippen LogP contribution in [0.1, 0.15) is 25.0 Å². The summed E-state index contributed by atoms with van der Waals surface area (Å²) in [6.07, 6.45) is 0. The molecule has 10 aromatic rings. The Labute approximate surface area is 319 Å². The Morgan fingerprint density at radius 1 is 0.407 bits per heavy atom. The van der Waals surface area contributed by atoms with Crippen molar-refractivity contribution in [2.24, 2.45) is 0 Å². The van der Waals surface area contributed by atoms with E-state index in [0.29, 0.717) is 17.5 Å². The molecule has 0 unspecified atom stereocenters. The van der Waals surface area contributed by atoms with Gasteiger partial charge in [0.2, 0.25) is 0 Å². The maximum atomic E-state index is 5.18. The summed E-state index contributed by atoms with van der Waals surface area (Å²) in [5.41, 5.74) is 10.4. The van der Waals surface area contributed by atoms with Gasteiger partial charge in [-0.05, 0) is 28.3 Å². The predicted octanol–water partition coefficient (Wildman–Crippen LogP) is 12.5. The largest absolute Gasteiger partial charge is 0.0568 e. The van der Waals surface area contributed by atoms with E-state index in [0.717, 1.165) is 22.3 Å². The zero-order valence-electron chi connectivity index (χ0n) is 29.8. The van der Waals surface area contributed by atoms with Crippen molar-refractivity contribution in [2.75, 3.05) is 0 Å². The number of hydrogen-bond acceptors (Lipinski definition) is 3. The van der Waals surface area contributed by atoms with Crippen LogP contribution in [0.5, 0.6) is 0 Å². The molecule has 0 atom stereocenters. The van der Waals surface area contributed by atoms with E-state index in [9.17, 15) is 0 Å². The summed E-state index contributed by atoms with van der Waals surface area (Å²) < 4.78 is 2.95. The van der Waals surface area contributed by atoms with Gasteiger partial charge in [-0.2, -0.15) is 0 Å². The molecule has 0 bridgehead atoms. The molecule has 0 aliphatic heterocycles. The van der Waals surface area contributed by atoms with E-state index in [1.54, 1.807) is 0 Å². The van der Waals surface area contributed by atoms with Crippen molar-refractivity contribution in [3.63, 3.8) is 0 Å². The van der Waals surface area contributed by atoms with Crippen molar-refractivity contribution in [1.82, 2.24) is 15.0 Å². The van der Waals surface area contributed by atoms with Gasteiger partial charge in [-0.1, -0.05) is 80.6 Å². The maximum Gasteiger partial charge on any atom is -0.0300 e. The van der Waals surface area contributed by atoms with Crippen LogP contribution in [0.15, 0.2) is 164 Å². The maximum absolute atomic E-state index is 5.18. The molecule has 2 heterocycles. The number of fused-ring (bicyclic) bond motifs is 10. The van der Waals surface area contributed by atoms with Crippen LogP contribution in [0.4, 0.5) is 0 Å². The van der Waals surface area contributed by atoms with E-state index >= 15 is 0 Å². The topological polar surface area (TPSA) is 38.7 Å². The zero-order chi connectivity index (χ0) is 36.0. The van der Waals surface area contributed by atoms with Gasteiger partial charge in [0.1, 0.15) is 0 Å². The van der Waals surface area contributed by atoms with Crippen molar-refractivity contribution in [3.05, 3.63) is 175 Å². The summed E-state index contributed by atoms with van der Waals surface area (Å²) in [4.78, 5) is 15.4. The van der Waals surface area contributed by atoms with Crippen LogP contribution in [0.3, 0.4) is 0 Å². The fourth-order valence-electron chi connectivity index (χ4n) is 8.55. The summed E-state index contributed by atoms with van der Waals surface area (Å²) in [7, 11) is 0. The molecule has 1 aliphatic rings. The monoisotopic (exact) mass is 755 g/mol. The molecule has 0 N–H and O–H groups in total. The Hall–Kier alpha value is -6.19. The van der Waals surface area contributed by atoms with Gasteiger partial charge in [-0.3, -0.25) is 0 Å². The first kappa shape index (κ1) is 31.3. The van der Waals surface area contributed by atoms with Gasteiger partial charge < -0.3 is 0 Å². The standard InChI is InChI=1S/C50H33N3Se/c1-50(2)42-17-8-6-15-37(42)41-29-36(24-26-43(41)50)49-52-47(32-11-4-3-5-12-32)51-48(53-49)35-14-10-13-33(27-35)34-22-20-30-19-21-31-23-25-39-38-16-7-9-18-44(38)54-46(39)45(31)40(30)28-34/h3-29H,1-2H3. The van der Waals surface area contributed by atoms with Gasteiger partial charge in [0.05, 0.1) is 0 Å². The first-order chi connectivity index (χ1) is 26.5. The molecule has 0 radical (unpaired) electrons. The van der Waals surface area contributed by atoms with Gasteiger partial charge >= 0.3 is 207 Å². The second-order valence-corrected chi connectivity index (χ2v) is 17.0. The SMILES string of the molecule is CC1(C)c2ccccc2-c2cc(-c3nc(-c4ccccc4)nc(-c4cccc(-c5ccc6ccc7ccc8c9ccccc9[se]c8c7c6c5)c4)n3)ccc21. The summed E-state index contributed by atoms with van der Waals surface area (Å²) in [6, 6.07) is 59.3. The molecule has 8 aromatic carbocycles. The van der Waals surface area contributed by atoms with Gasteiger partial charge in [-0.15, -0.1) is 0 Å². The minimum absolute atomic E-state index is 0.0642. The molecule has 2 aromatic heterocycles. The second kappa shape index (κ2) is 11.9. The van der Waals surface area contributed by atoms with Crippen molar-refractivity contribution in [1.29, 1.82) is 0 Å². The normalized spacial score (nSPS) is 13.1. The van der Waals surface area contributed by atoms with Crippen LogP contribution in [0.25, 0.3) is 97.3 Å². The second-order valence-electron chi connectivity index (χ2n) is 14.8. The molecule has 1 aliphatic carbocycles. The Balaban J connectivity index is 1.06. The summed E-state index contributed by atoms with van der Waals surface area (Å²) in [5.74, 6) is 1.99. The number of nitrogens with zero attached hydrogens (tertiary/aromatic N) is 3. The molecule has 0 saturated heterocycles. The Morgan fingerprint density at radius 2 is 1.02 bits per heavy atom. The number of benzene rings is 8. The fourth-order valence-corrected chi connectivity index (χ4v) is 11.2. The molecule has 4 heteroatoms. The van der Waals surface area contributed by atoms with Gasteiger partial charge in [0.15, 0.2) is 0 Å². The molecule has 54 heavy (non-hydrogen) atoms. The third kappa shape index (κ3) is 4.84. The summed E-state index contributed by atoms with van der Waals surface area (Å²) in [6.45, 7) is 4.62. The van der Waals surface area contributed by atoms with Crippen LogP contribution in [0, 0.1) is 0 Å². The van der Waals surface area contributed by atoms with E-state index < -0.39 is 0 Å². The van der Waals surface area contributed by atoms with E-state index in [4.69, 9.17) is 15.0 Å². The van der Waals surface area contributed by atoms with E-state index in [1.165, 1.54) is 68.7 Å². The van der Waals surface area contributed by atoms with Crippen LogP contribution in [-0.2, 0) is 5.41 Å². The van der Waals surface area contributed by atoms with E-state index in [1.807, 2.05) is 18.2 Å². The van der Waals surface area contributed by atoms with Gasteiger partial charge in [0, 0.05) is 5.41 Å². The molecular formula is C50H33N3Se. The quantitative estimate of drug-likeness (QED) is 0.133. The van der Waals surface area contributed by atoms with Crippen molar-refractivity contribution in [2.45, 2.75) is 19.3 Å². The number of hydrogen-bond donors (Lipinski definition) is 0. The summed E-state index contributed by atoms with van der Waals surface area (Å²) >= 11 is 0.265. The first-order valence-corrected chi connectivity index (χ1v) is 20.1. The van der Waals surface area contributed by atoms with Crippen molar-refractivity contribution >= 4 is 55.3 Å². The van der Waals surface area contributed by atoms with Crippen molar-refractivity contribution < 1.29 is 0 Å².